The van der Waals surface area contributed by atoms with Gasteiger partial charge in [-0.15, -0.1) is 0 Å². The minimum absolute atomic E-state index is 0.204. The molecule has 2 aliphatic heterocycles. The molecule has 2 saturated heterocycles. The van der Waals surface area contributed by atoms with Crippen LogP contribution in [0, 0.1) is 29.6 Å². The topological polar surface area (TPSA) is 65.1 Å². The Labute approximate surface area is 174 Å². The molecule has 2 heterocycles. The molecule has 0 aromatic heterocycles. The highest BCUT2D eigenvalue weighted by atomic mass is 32.2. The number of hydrogen-bond acceptors (Lipinski definition) is 5. The number of rotatable bonds is 3. The Hall–Kier alpha value is -0.210. The lowest BCUT2D eigenvalue weighted by Crippen LogP contribution is -2.59. The highest BCUT2D eigenvalue weighted by molar-refractivity contribution is 7.89. The van der Waals surface area contributed by atoms with Crippen molar-refractivity contribution in [1.29, 1.82) is 0 Å². The quantitative estimate of drug-likeness (QED) is 0.643. The van der Waals surface area contributed by atoms with Crippen molar-refractivity contribution in [1.82, 2.24) is 4.31 Å². The SMILES string of the molecule is O=S(=O)(CC1CCC2(CC1)OOC1(O2)C2CC3CC(C2)CC1C3)N1CCCCC1. The lowest BCUT2D eigenvalue weighted by Gasteiger charge is -2.57. The molecule has 0 amide bonds. The molecule has 5 aliphatic carbocycles. The van der Waals surface area contributed by atoms with Crippen LogP contribution in [-0.4, -0.2) is 43.1 Å². The fourth-order valence-electron chi connectivity index (χ4n) is 7.63. The van der Waals surface area contributed by atoms with Crippen LogP contribution in [0.4, 0.5) is 0 Å². The molecule has 7 heteroatoms. The summed E-state index contributed by atoms with van der Waals surface area (Å²) in [5.74, 6) is 2.02. The molecule has 29 heavy (non-hydrogen) atoms. The van der Waals surface area contributed by atoms with Gasteiger partial charge in [0.15, 0.2) is 0 Å². The molecule has 0 N–H and O–H groups in total. The minimum Gasteiger partial charge on any atom is -0.312 e. The maximum absolute atomic E-state index is 12.8. The largest absolute Gasteiger partial charge is 0.312 e. The van der Waals surface area contributed by atoms with Crippen LogP contribution in [0.25, 0.3) is 0 Å². The Balaban J connectivity index is 1.10. The third-order valence-electron chi connectivity index (χ3n) is 8.97. The molecule has 6 nitrogen and oxygen atoms in total. The van der Waals surface area contributed by atoms with Crippen LogP contribution in [-0.2, 0) is 24.5 Å². The highest BCUT2D eigenvalue weighted by Crippen LogP contribution is 2.63. The molecule has 2 spiro atoms. The normalized spacial score (nSPS) is 50.0. The van der Waals surface area contributed by atoms with E-state index in [1.165, 1.54) is 32.1 Å². The first kappa shape index (κ1) is 19.5. The van der Waals surface area contributed by atoms with E-state index in [2.05, 4.69) is 0 Å². The summed E-state index contributed by atoms with van der Waals surface area (Å²) in [5, 5.41) is 0. The minimum atomic E-state index is -3.14. The summed E-state index contributed by atoms with van der Waals surface area (Å²) in [7, 11) is -3.14. The van der Waals surface area contributed by atoms with Gasteiger partial charge in [-0.1, -0.05) is 6.42 Å². The van der Waals surface area contributed by atoms with Gasteiger partial charge in [0.05, 0.1) is 5.75 Å². The number of sulfonamides is 1. The molecule has 4 bridgehead atoms. The molecule has 5 saturated carbocycles. The fraction of sp³-hybridized carbons (Fsp3) is 1.00. The summed E-state index contributed by atoms with van der Waals surface area (Å²) in [6.07, 6.45) is 12.6. The summed E-state index contributed by atoms with van der Waals surface area (Å²) in [5.41, 5.74) is 0. The van der Waals surface area contributed by atoms with Crippen molar-refractivity contribution in [3.8, 4) is 0 Å². The summed E-state index contributed by atoms with van der Waals surface area (Å²) < 4.78 is 34.1. The van der Waals surface area contributed by atoms with Gasteiger partial charge in [-0.25, -0.2) is 12.7 Å². The van der Waals surface area contributed by atoms with Crippen molar-refractivity contribution in [2.45, 2.75) is 88.6 Å². The second kappa shape index (κ2) is 6.89. The van der Waals surface area contributed by atoms with E-state index in [0.29, 0.717) is 24.9 Å². The number of ether oxygens (including phenoxy) is 1. The first-order valence-corrected chi connectivity index (χ1v) is 13.6. The summed E-state index contributed by atoms with van der Waals surface area (Å²) in [6.45, 7) is 1.40. The molecule has 7 rings (SSSR count). The van der Waals surface area contributed by atoms with Crippen molar-refractivity contribution < 1.29 is 22.9 Å². The van der Waals surface area contributed by atoms with E-state index in [1.807, 2.05) is 0 Å². The van der Waals surface area contributed by atoms with E-state index >= 15 is 0 Å². The molecule has 0 atom stereocenters. The zero-order valence-corrected chi connectivity index (χ0v) is 18.2. The van der Waals surface area contributed by atoms with Crippen LogP contribution in [0.2, 0.25) is 0 Å². The van der Waals surface area contributed by atoms with E-state index in [0.717, 1.165) is 56.8 Å². The Morgan fingerprint density at radius 1 is 0.828 bits per heavy atom. The average molecular weight is 426 g/mol. The monoisotopic (exact) mass is 425 g/mol. The lowest BCUT2D eigenvalue weighted by molar-refractivity contribution is -0.390. The summed E-state index contributed by atoms with van der Waals surface area (Å²) in [4.78, 5) is 12.1. The third kappa shape index (κ3) is 3.22. The Bertz CT molecular complexity index is 710. The maximum atomic E-state index is 12.8. The number of piperidine rings is 1. The van der Waals surface area contributed by atoms with Gasteiger partial charge in [0.1, 0.15) is 0 Å². The Morgan fingerprint density at radius 3 is 2.07 bits per heavy atom. The predicted molar refractivity (Wildman–Crippen MR) is 107 cm³/mol. The second-order valence-electron chi connectivity index (χ2n) is 10.9. The molecule has 0 unspecified atom stereocenters. The van der Waals surface area contributed by atoms with Gasteiger partial charge in [-0.2, -0.15) is 9.78 Å². The first-order chi connectivity index (χ1) is 14.0. The standard InChI is InChI=1S/C22H35NO5S/c24-29(25,23-8-2-1-3-9-23)15-16-4-6-21(7-5-16)26-22(28-27-21)19-11-17-10-18(13-19)14-20(22)12-17/h16-20H,1-15H2. The maximum Gasteiger partial charge on any atom is 0.214 e. The zero-order valence-electron chi connectivity index (χ0n) is 17.4. The Morgan fingerprint density at radius 2 is 1.45 bits per heavy atom. The van der Waals surface area contributed by atoms with Gasteiger partial charge in [0.2, 0.25) is 21.6 Å². The molecule has 7 fully saturated rings. The van der Waals surface area contributed by atoms with Crippen LogP contribution in [0.5, 0.6) is 0 Å². The summed E-state index contributed by atoms with van der Waals surface area (Å²) in [6, 6.07) is 0. The van der Waals surface area contributed by atoms with Crippen molar-refractivity contribution >= 4 is 10.0 Å². The molecule has 7 aliphatic rings. The van der Waals surface area contributed by atoms with Crippen LogP contribution in [0.3, 0.4) is 0 Å². The van der Waals surface area contributed by atoms with E-state index in [1.54, 1.807) is 4.31 Å². The van der Waals surface area contributed by atoms with E-state index in [4.69, 9.17) is 14.5 Å². The third-order valence-corrected chi connectivity index (χ3v) is 11.0. The molecule has 0 radical (unpaired) electrons. The van der Waals surface area contributed by atoms with Gasteiger partial charge in [0, 0.05) is 37.8 Å². The summed E-state index contributed by atoms with van der Waals surface area (Å²) >= 11 is 0. The van der Waals surface area contributed by atoms with Gasteiger partial charge < -0.3 is 4.74 Å². The van der Waals surface area contributed by atoms with Crippen LogP contribution < -0.4 is 0 Å². The number of hydrogen-bond donors (Lipinski definition) is 0. The molecule has 0 aromatic rings. The van der Waals surface area contributed by atoms with Crippen LogP contribution in [0.1, 0.15) is 77.0 Å². The second-order valence-corrected chi connectivity index (χ2v) is 12.9. The van der Waals surface area contributed by atoms with Gasteiger partial charge in [-0.05, 0) is 75.5 Å². The van der Waals surface area contributed by atoms with Gasteiger partial charge in [0.25, 0.3) is 0 Å². The van der Waals surface area contributed by atoms with Crippen LogP contribution in [0.15, 0.2) is 0 Å². The van der Waals surface area contributed by atoms with E-state index in [-0.39, 0.29) is 11.7 Å². The van der Waals surface area contributed by atoms with Gasteiger partial charge in [-0.3, -0.25) is 0 Å². The van der Waals surface area contributed by atoms with Gasteiger partial charge >= 0.3 is 0 Å². The molecular weight excluding hydrogens is 390 g/mol. The zero-order chi connectivity index (χ0) is 19.7. The van der Waals surface area contributed by atoms with Crippen molar-refractivity contribution in [3.63, 3.8) is 0 Å². The number of nitrogens with zero attached hydrogens (tertiary/aromatic N) is 1. The smallest absolute Gasteiger partial charge is 0.214 e. The lowest BCUT2D eigenvalue weighted by atomic mass is 9.53. The van der Waals surface area contributed by atoms with Crippen molar-refractivity contribution in [2.24, 2.45) is 29.6 Å². The fourth-order valence-corrected chi connectivity index (χ4v) is 9.58. The molecule has 164 valence electrons. The molecule has 0 aromatic carbocycles. The average Bonchev–Trinajstić information content (AvgIpc) is 3.09. The van der Waals surface area contributed by atoms with Crippen molar-refractivity contribution in [2.75, 3.05) is 18.8 Å². The predicted octanol–water partition coefficient (Wildman–Crippen LogP) is 3.82. The van der Waals surface area contributed by atoms with E-state index < -0.39 is 21.6 Å². The van der Waals surface area contributed by atoms with Crippen molar-refractivity contribution in [3.05, 3.63) is 0 Å². The van der Waals surface area contributed by atoms with E-state index in [9.17, 15) is 8.42 Å². The highest BCUT2D eigenvalue weighted by Gasteiger charge is 2.66. The first-order valence-electron chi connectivity index (χ1n) is 12.0. The Kier molecular flexibility index (Phi) is 4.63. The van der Waals surface area contributed by atoms with Crippen LogP contribution >= 0.6 is 0 Å². The molecular formula is C22H35NO5S.